The first-order chi connectivity index (χ1) is 8.56. The second-order valence-electron chi connectivity index (χ2n) is 5.03. The Morgan fingerprint density at radius 1 is 1.39 bits per heavy atom. The molecule has 1 saturated carbocycles. The summed E-state index contributed by atoms with van der Waals surface area (Å²) in [5, 5.41) is 5.91. The third-order valence-electron chi connectivity index (χ3n) is 3.49. The highest BCUT2D eigenvalue weighted by molar-refractivity contribution is 5.89. The third-order valence-corrected chi connectivity index (χ3v) is 3.49. The summed E-state index contributed by atoms with van der Waals surface area (Å²) in [6.45, 7) is 3.60. The molecule has 1 amide bonds. The highest BCUT2D eigenvalue weighted by Crippen LogP contribution is 2.29. The van der Waals surface area contributed by atoms with Crippen molar-refractivity contribution < 1.29 is 9.18 Å². The number of hydrogen-bond donors (Lipinski definition) is 2. The van der Waals surface area contributed by atoms with Gasteiger partial charge in [0, 0.05) is 18.7 Å². The van der Waals surface area contributed by atoms with Crippen molar-refractivity contribution in [3.05, 3.63) is 24.0 Å². The molecule has 2 unspecified atom stereocenters. The number of benzene rings is 1. The van der Waals surface area contributed by atoms with Crippen LogP contribution in [0.15, 0.2) is 18.2 Å². The first-order valence-corrected chi connectivity index (χ1v) is 6.40. The van der Waals surface area contributed by atoms with Crippen molar-refractivity contribution in [3.8, 4) is 0 Å². The van der Waals surface area contributed by atoms with Crippen LogP contribution in [0.4, 0.5) is 15.8 Å². The minimum Gasteiger partial charge on any atom is -0.382 e. The van der Waals surface area contributed by atoms with E-state index in [1.807, 2.05) is 0 Å². The van der Waals surface area contributed by atoms with Crippen molar-refractivity contribution in [2.45, 2.75) is 39.2 Å². The highest BCUT2D eigenvalue weighted by Gasteiger charge is 2.23. The molecule has 2 rings (SSSR count). The fourth-order valence-electron chi connectivity index (χ4n) is 2.47. The predicted octanol–water partition coefficient (Wildman–Crippen LogP) is 3.38. The van der Waals surface area contributed by atoms with E-state index in [-0.39, 0.29) is 11.6 Å². The topological polar surface area (TPSA) is 41.1 Å². The van der Waals surface area contributed by atoms with Gasteiger partial charge in [-0.25, -0.2) is 4.39 Å². The van der Waals surface area contributed by atoms with E-state index < -0.39 is 5.82 Å². The summed E-state index contributed by atoms with van der Waals surface area (Å²) in [4.78, 5) is 11.0. The van der Waals surface area contributed by atoms with Crippen molar-refractivity contribution in [3.63, 3.8) is 0 Å². The smallest absolute Gasteiger partial charge is 0.221 e. The van der Waals surface area contributed by atoms with Gasteiger partial charge in [0.15, 0.2) is 0 Å². The largest absolute Gasteiger partial charge is 0.382 e. The molecule has 1 fully saturated rings. The summed E-state index contributed by atoms with van der Waals surface area (Å²) >= 11 is 0. The second kappa shape index (κ2) is 5.38. The lowest BCUT2D eigenvalue weighted by Gasteiger charge is -2.19. The number of carbonyl (C=O) groups excluding carboxylic acids is 1. The van der Waals surface area contributed by atoms with Crippen molar-refractivity contribution >= 4 is 17.3 Å². The van der Waals surface area contributed by atoms with Crippen LogP contribution >= 0.6 is 0 Å². The van der Waals surface area contributed by atoms with Gasteiger partial charge in [0.25, 0.3) is 0 Å². The Hall–Kier alpha value is -1.58. The van der Waals surface area contributed by atoms with E-state index in [1.165, 1.54) is 25.8 Å². The Balaban J connectivity index is 2.11. The molecule has 0 spiro atoms. The number of nitrogens with one attached hydrogen (secondary N) is 2. The maximum atomic E-state index is 13.5. The molecule has 0 aliphatic heterocycles. The van der Waals surface area contributed by atoms with E-state index in [9.17, 15) is 9.18 Å². The van der Waals surface area contributed by atoms with E-state index in [0.717, 1.165) is 12.1 Å². The van der Waals surface area contributed by atoms with Crippen LogP contribution in [0.2, 0.25) is 0 Å². The molecule has 0 saturated heterocycles. The molecule has 2 N–H and O–H groups in total. The number of rotatable bonds is 3. The molecule has 2 atom stereocenters. The Morgan fingerprint density at radius 2 is 2.17 bits per heavy atom. The molecule has 18 heavy (non-hydrogen) atoms. The standard InChI is InChI=1S/C14H19FN2O/c1-9-4-3-5-13(9)17-11-6-7-12(15)14(8-11)16-10(2)18/h6-9,13,17H,3-5H2,1-2H3,(H,16,18). The molecule has 1 aliphatic carbocycles. The van der Waals surface area contributed by atoms with Gasteiger partial charge in [-0.15, -0.1) is 0 Å². The molecule has 1 aromatic carbocycles. The van der Waals surface area contributed by atoms with Crippen molar-refractivity contribution in [1.29, 1.82) is 0 Å². The second-order valence-corrected chi connectivity index (χ2v) is 5.03. The Bertz CT molecular complexity index is 447. The van der Waals surface area contributed by atoms with Crippen LogP contribution in [-0.2, 0) is 4.79 Å². The van der Waals surface area contributed by atoms with Crippen LogP contribution in [0.1, 0.15) is 33.1 Å². The first kappa shape index (κ1) is 12.9. The minimum absolute atomic E-state index is 0.234. The van der Waals surface area contributed by atoms with Crippen LogP contribution < -0.4 is 10.6 Å². The third kappa shape index (κ3) is 3.00. The molecule has 1 aliphatic rings. The normalized spacial score (nSPS) is 22.8. The maximum absolute atomic E-state index is 13.5. The zero-order valence-electron chi connectivity index (χ0n) is 10.8. The summed E-state index contributed by atoms with van der Waals surface area (Å²) in [5.41, 5.74) is 1.09. The van der Waals surface area contributed by atoms with E-state index in [2.05, 4.69) is 17.6 Å². The molecule has 98 valence electrons. The molecular formula is C14H19FN2O. The molecule has 0 aromatic heterocycles. The van der Waals surface area contributed by atoms with Crippen LogP contribution in [0.5, 0.6) is 0 Å². The summed E-state index contributed by atoms with van der Waals surface area (Å²) in [5.74, 6) is -0.0326. The van der Waals surface area contributed by atoms with E-state index in [0.29, 0.717) is 12.0 Å². The monoisotopic (exact) mass is 250 g/mol. The van der Waals surface area contributed by atoms with Gasteiger partial charge in [-0.3, -0.25) is 4.79 Å². The summed E-state index contributed by atoms with van der Waals surface area (Å²) in [7, 11) is 0. The van der Waals surface area contributed by atoms with Gasteiger partial charge < -0.3 is 10.6 Å². The number of anilines is 2. The number of hydrogen-bond acceptors (Lipinski definition) is 2. The van der Waals surface area contributed by atoms with Crippen LogP contribution in [0, 0.1) is 11.7 Å². The molecule has 4 heteroatoms. The van der Waals surface area contributed by atoms with Crippen molar-refractivity contribution in [2.24, 2.45) is 5.92 Å². The number of halogens is 1. The lowest BCUT2D eigenvalue weighted by molar-refractivity contribution is -0.114. The summed E-state index contributed by atoms with van der Waals surface area (Å²) < 4.78 is 13.5. The molecule has 0 heterocycles. The number of carbonyl (C=O) groups is 1. The Kier molecular flexibility index (Phi) is 3.84. The average molecular weight is 250 g/mol. The zero-order chi connectivity index (χ0) is 13.1. The van der Waals surface area contributed by atoms with Gasteiger partial charge in [-0.05, 0) is 37.0 Å². The van der Waals surface area contributed by atoms with Crippen LogP contribution in [-0.4, -0.2) is 11.9 Å². The quantitative estimate of drug-likeness (QED) is 0.863. The lowest BCUT2D eigenvalue weighted by atomic mass is 10.1. The van der Waals surface area contributed by atoms with Crippen LogP contribution in [0.3, 0.4) is 0 Å². The molecule has 3 nitrogen and oxygen atoms in total. The fourth-order valence-corrected chi connectivity index (χ4v) is 2.47. The summed E-state index contributed by atoms with van der Waals surface area (Å²) in [6, 6.07) is 5.20. The van der Waals surface area contributed by atoms with Gasteiger partial charge in [0.2, 0.25) is 5.91 Å². The minimum atomic E-state index is -0.407. The van der Waals surface area contributed by atoms with E-state index in [4.69, 9.17) is 0 Å². The highest BCUT2D eigenvalue weighted by atomic mass is 19.1. The average Bonchev–Trinajstić information content (AvgIpc) is 2.69. The Morgan fingerprint density at radius 3 is 2.78 bits per heavy atom. The van der Waals surface area contributed by atoms with Gasteiger partial charge in [-0.2, -0.15) is 0 Å². The lowest BCUT2D eigenvalue weighted by Crippen LogP contribution is -2.21. The molecule has 0 bridgehead atoms. The predicted molar refractivity (Wildman–Crippen MR) is 71.1 cm³/mol. The van der Waals surface area contributed by atoms with Gasteiger partial charge in [-0.1, -0.05) is 13.3 Å². The van der Waals surface area contributed by atoms with E-state index >= 15 is 0 Å². The van der Waals surface area contributed by atoms with E-state index in [1.54, 1.807) is 12.1 Å². The van der Waals surface area contributed by atoms with Gasteiger partial charge in [0.05, 0.1) is 5.69 Å². The molecule has 1 aromatic rings. The van der Waals surface area contributed by atoms with Gasteiger partial charge >= 0.3 is 0 Å². The fraction of sp³-hybridized carbons (Fsp3) is 0.500. The zero-order valence-corrected chi connectivity index (χ0v) is 10.8. The van der Waals surface area contributed by atoms with Gasteiger partial charge in [0.1, 0.15) is 5.82 Å². The summed E-state index contributed by atoms with van der Waals surface area (Å²) in [6.07, 6.45) is 3.62. The number of amides is 1. The SMILES string of the molecule is CC(=O)Nc1cc(NC2CCCC2C)ccc1F. The maximum Gasteiger partial charge on any atom is 0.221 e. The van der Waals surface area contributed by atoms with Crippen LogP contribution in [0.25, 0.3) is 0 Å². The first-order valence-electron chi connectivity index (χ1n) is 6.40. The molecular weight excluding hydrogens is 231 g/mol. The van der Waals surface area contributed by atoms with Crippen molar-refractivity contribution in [1.82, 2.24) is 0 Å². The van der Waals surface area contributed by atoms with Crippen molar-refractivity contribution in [2.75, 3.05) is 10.6 Å². The Labute approximate surface area is 107 Å². The molecule has 0 radical (unpaired) electrons.